The van der Waals surface area contributed by atoms with E-state index in [-0.39, 0.29) is 11.7 Å². The topological polar surface area (TPSA) is 67.2 Å². The van der Waals surface area contributed by atoms with Crippen LogP contribution in [0.3, 0.4) is 0 Å². The maximum absolute atomic E-state index is 12.0. The van der Waals surface area contributed by atoms with Gasteiger partial charge in [-0.15, -0.1) is 0 Å². The van der Waals surface area contributed by atoms with E-state index in [0.29, 0.717) is 11.3 Å². The van der Waals surface area contributed by atoms with Crippen LogP contribution in [0.1, 0.15) is 21.7 Å². The summed E-state index contributed by atoms with van der Waals surface area (Å²) in [5.41, 5.74) is 2.79. The molecule has 0 aliphatic rings. The van der Waals surface area contributed by atoms with Crippen LogP contribution in [0.5, 0.6) is 5.75 Å². The molecular weight excluding hydrogens is 230 g/mol. The van der Waals surface area contributed by atoms with Crippen LogP contribution in [0.25, 0.3) is 0 Å². The van der Waals surface area contributed by atoms with Gasteiger partial charge in [-0.1, -0.05) is 6.07 Å². The number of phenolic OH excluding ortho intramolecular Hbond substituents is 1. The number of benzene rings is 1. The zero-order chi connectivity index (χ0) is 13.3. The minimum absolute atomic E-state index is 0.0716. The number of amides is 1. The Morgan fingerprint density at radius 1 is 1.39 bits per heavy atom. The molecule has 1 aromatic carbocycles. The SMILES string of the molecule is Cc1nn(C)c(C)c1NC(=O)c1cccc(O)c1. The predicted octanol–water partition coefficient (Wildman–Crippen LogP) is 1.99. The Bertz CT molecular complexity index is 602. The average Bonchev–Trinajstić information content (AvgIpc) is 2.56. The molecule has 0 aliphatic carbocycles. The van der Waals surface area contributed by atoms with Crippen LogP contribution in [0.2, 0.25) is 0 Å². The Balaban J connectivity index is 2.27. The third-order valence-corrected chi connectivity index (χ3v) is 2.86. The van der Waals surface area contributed by atoms with Crippen molar-refractivity contribution in [3.8, 4) is 5.75 Å². The van der Waals surface area contributed by atoms with Gasteiger partial charge in [0.15, 0.2) is 0 Å². The predicted molar refractivity (Wildman–Crippen MR) is 68.7 cm³/mol. The largest absolute Gasteiger partial charge is 0.508 e. The fourth-order valence-corrected chi connectivity index (χ4v) is 1.79. The van der Waals surface area contributed by atoms with Crippen molar-refractivity contribution in [2.75, 3.05) is 5.32 Å². The lowest BCUT2D eigenvalue weighted by Gasteiger charge is -2.06. The molecule has 1 amide bonds. The molecule has 0 atom stereocenters. The van der Waals surface area contributed by atoms with Crippen molar-refractivity contribution >= 4 is 11.6 Å². The number of rotatable bonds is 2. The summed E-state index contributed by atoms with van der Waals surface area (Å²) in [6.45, 7) is 3.73. The van der Waals surface area contributed by atoms with Gasteiger partial charge in [0.2, 0.25) is 0 Å². The second-order valence-electron chi connectivity index (χ2n) is 4.17. The smallest absolute Gasteiger partial charge is 0.255 e. The molecule has 2 aromatic rings. The molecule has 0 bridgehead atoms. The number of hydrogen-bond donors (Lipinski definition) is 2. The summed E-state index contributed by atoms with van der Waals surface area (Å²) >= 11 is 0. The summed E-state index contributed by atoms with van der Waals surface area (Å²) in [5, 5.41) is 16.4. The van der Waals surface area contributed by atoms with Gasteiger partial charge in [0, 0.05) is 12.6 Å². The van der Waals surface area contributed by atoms with Crippen molar-refractivity contribution in [1.29, 1.82) is 0 Å². The second kappa shape index (κ2) is 4.52. The van der Waals surface area contributed by atoms with Gasteiger partial charge in [-0.2, -0.15) is 5.10 Å². The van der Waals surface area contributed by atoms with Gasteiger partial charge in [0.1, 0.15) is 5.75 Å². The first-order valence-corrected chi connectivity index (χ1v) is 5.59. The van der Waals surface area contributed by atoms with Gasteiger partial charge in [-0.25, -0.2) is 0 Å². The highest BCUT2D eigenvalue weighted by Crippen LogP contribution is 2.20. The highest BCUT2D eigenvalue weighted by atomic mass is 16.3. The second-order valence-corrected chi connectivity index (χ2v) is 4.17. The molecule has 5 heteroatoms. The normalized spacial score (nSPS) is 10.4. The Morgan fingerprint density at radius 2 is 2.11 bits per heavy atom. The van der Waals surface area contributed by atoms with Crippen LogP contribution in [0, 0.1) is 13.8 Å². The van der Waals surface area contributed by atoms with Gasteiger partial charge in [0.25, 0.3) is 5.91 Å². The standard InChI is InChI=1S/C13H15N3O2/c1-8-12(9(2)16(3)15-8)14-13(18)10-5-4-6-11(17)7-10/h4-7,17H,1-3H3,(H,14,18). The fraction of sp³-hybridized carbons (Fsp3) is 0.231. The third kappa shape index (κ3) is 2.20. The number of anilines is 1. The van der Waals surface area contributed by atoms with Crippen molar-refractivity contribution in [3.63, 3.8) is 0 Å². The Kier molecular flexibility index (Phi) is 3.06. The first-order chi connectivity index (χ1) is 8.49. The van der Waals surface area contributed by atoms with E-state index in [2.05, 4.69) is 10.4 Å². The minimum atomic E-state index is -0.259. The number of aromatic hydroxyl groups is 1. The molecule has 2 rings (SSSR count). The quantitative estimate of drug-likeness (QED) is 0.850. The summed E-state index contributed by atoms with van der Waals surface area (Å²) in [5.74, 6) is -0.188. The van der Waals surface area contributed by atoms with Crippen molar-refractivity contribution in [2.45, 2.75) is 13.8 Å². The first-order valence-electron chi connectivity index (χ1n) is 5.59. The summed E-state index contributed by atoms with van der Waals surface area (Å²) in [6, 6.07) is 6.23. The summed E-state index contributed by atoms with van der Waals surface area (Å²) < 4.78 is 1.72. The molecule has 18 heavy (non-hydrogen) atoms. The fourth-order valence-electron chi connectivity index (χ4n) is 1.79. The summed E-state index contributed by atoms with van der Waals surface area (Å²) in [7, 11) is 1.83. The molecule has 0 saturated heterocycles. The Hall–Kier alpha value is -2.30. The third-order valence-electron chi connectivity index (χ3n) is 2.86. The molecule has 0 aliphatic heterocycles. The monoisotopic (exact) mass is 245 g/mol. The van der Waals surface area contributed by atoms with Gasteiger partial charge in [-0.3, -0.25) is 9.48 Å². The zero-order valence-corrected chi connectivity index (χ0v) is 10.6. The van der Waals surface area contributed by atoms with E-state index in [1.807, 2.05) is 20.9 Å². The van der Waals surface area contributed by atoms with E-state index in [4.69, 9.17) is 0 Å². The van der Waals surface area contributed by atoms with Crippen LogP contribution in [0.4, 0.5) is 5.69 Å². The van der Waals surface area contributed by atoms with Crippen LogP contribution >= 0.6 is 0 Å². The Labute approximate surface area is 105 Å². The average molecular weight is 245 g/mol. The lowest BCUT2D eigenvalue weighted by molar-refractivity contribution is 0.102. The van der Waals surface area contributed by atoms with Gasteiger partial charge in [-0.05, 0) is 32.0 Å². The molecule has 0 saturated carbocycles. The minimum Gasteiger partial charge on any atom is -0.508 e. The summed E-state index contributed by atoms with van der Waals surface area (Å²) in [6.07, 6.45) is 0. The van der Waals surface area contributed by atoms with E-state index < -0.39 is 0 Å². The number of nitrogens with zero attached hydrogens (tertiary/aromatic N) is 2. The Morgan fingerprint density at radius 3 is 2.67 bits per heavy atom. The lowest BCUT2D eigenvalue weighted by atomic mass is 10.2. The van der Waals surface area contributed by atoms with E-state index in [1.165, 1.54) is 12.1 Å². The molecule has 0 fully saturated rings. The molecule has 5 nitrogen and oxygen atoms in total. The molecule has 1 heterocycles. The van der Waals surface area contributed by atoms with E-state index >= 15 is 0 Å². The van der Waals surface area contributed by atoms with Crippen molar-refractivity contribution in [2.24, 2.45) is 7.05 Å². The number of hydrogen-bond acceptors (Lipinski definition) is 3. The number of nitrogens with one attached hydrogen (secondary N) is 1. The van der Waals surface area contributed by atoms with Gasteiger partial charge < -0.3 is 10.4 Å². The number of carbonyl (C=O) groups excluding carboxylic acids is 1. The number of phenols is 1. The van der Waals surface area contributed by atoms with Crippen LogP contribution < -0.4 is 5.32 Å². The molecule has 94 valence electrons. The van der Waals surface area contributed by atoms with Crippen molar-refractivity contribution in [3.05, 3.63) is 41.2 Å². The maximum Gasteiger partial charge on any atom is 0.255 e. The molecule has 0 unspecified atom stereocenters. The lowest BCUT2D eigenvalue weighted by Crippen LogP contribution is -2.13. The molecule has 0 radical (unpaired) electrons. The summed E-state index contributed by atoms with van der Waals surface area (Å²) in [4.78, 5) is 12.0. The zero-order valence-electron chi connectivity index (χ0n) is 10.6. The molecule has 1 aromatic heterocycles. The molecule has 0 spiro atoms. The van der Waals surface area contributed by atoms with Crippen molar-refractivity contribution < 1.29 is 9.90 Å². The van der Waals surface area contributed by atoms with E-state index in [9.17, 15) is 9.90 Å². The van der Waals surface area contributed by atoms with Crippen LogP contribution in [-0.2, 0) is 7.05 Å². The number of aromatic nitrogens is 2. The van der Waals surface area contributed by atoms with E-state index in [1.54, 1.807) is 16.8 Å². The van der Waals surface area contributed by atoms with Crippen LogP contribution in [-0.4, -0.2) is 20.8 Å². The van der Waals surface area contributed by atoms with Gasteiger partial charge >= 0.3 is 0 Å². The highest BCUT2D eigenvalue weighted by Gasteiger charge is 2.13. The van der Waals surface area contributed by atoms with Crippen molar-refractivity contribution in [1.82, 2.24) is 9.78 Å². The van der Waals surface area contributed by atoms with E-state index in [0.717, 1.165) is 11.4 Å². The molecule has 2 N–H and O–H groups in total. The van der Waals surface area contributed by atoms with Crippen LogP contribution in [0.15, 0.2) is 24.3 Å². The number of carbonyl (C=O) groups is 1. The molecular formula is C13H15N3O2. The maximum atomic E-state index is 12.0. The van der Waals surface area contributed by atoms with Gasteiger partial charge in [0.05, 0.1) is 17.1 Å². The highest BCUT2D eigenvalue weighted by molar-refractivity contribution is 6.05. The number of aryl methyl sites for hydroxylation is 2. The first kappa shape index (κ1) is 12.2.